The highest BCUT2D eigenvalue weighted by atomic mass is 19.4. The van der Waals surface area contributed by atoms with Crippen molar-refractivity contribution < 1.29 is 23.1 Å². The quantitative estimate of drug-likeness (QED) is 0.793. The van der Waals surface area contributed by atoms with Crippen LogP contribution in [-0.4, -0.2) is 11.1 Å². The number of hydrogen-bond donors (Lipinski definition) is 1. The molecule has 1 aromatic carbocycles. The second-order valence-electron chi connectivity index (χ2n) is 5.81. The summed E-state index contributed by atoms with van der Waals surface area (Å²) in [5.41, 5.74) is 0.358. The van der Waals surface area contributed by atoms with Gasteiger partial charge in [-0.15, -0.1) is 0 Å². The van der Waals surface area contributed by atoms with Gasteiger partial charge in [-0.05, 0) is 61.6 Å². The van der Waals surface area contributed by atoms with Crippen molar-refractivity contribution in [1.29, 1.82) is 0 Å². The van der Waals surface area contributed by atoms with Crippen LogP contribution in [0.1, 0.15) is 49.1 Å². The Kier molecular flexibility index (Phi) is 5.27. The number of hydrogen-bond acceptors (Lipinski definition) is 1. The summed E-state index contributed by atoms with van der Waals surface area (Å²) in [5.74, 6) is -0.151. The highest BCUT2D eigenvalue weighted by Gasteiger charge is 2.30. The van der Waals surface area contributed by atoms with Gasteiger partial charge in [0.1, 0.15) is 0 Å². The van der Waals surface area contributed by atoms with E-state index in [1.165, 1.54) is 6.08 Å². The Hall–Kier alpha value is -1.78. The van der Waals surface area contributed by atoms with Crippen molar-refractivity contribution in [2.75, 3.05) is 0 Å². The number of carboxylic acid groups (broad SMARTS) is 1. The molecule has 2 rings (SSSR count). The van der Waals surface area contributed by atoms with Crippen LogP contribution in [0.3, 0.4) is 0 Å². The molecule has 22 heavy (non-hydrogen) atoms. The molecule has 0 unspecified atom stereocenters. The maximum Gasteiger partial charge on any atom is 0.416 e. The van der Waals surface area contributed by atoms with E-state index in [0.29, 0.717) is 11.8 Å². The number of aliphatic carboxylic acids is 1. The molecule has 0 aromatic heterocycles. The molecule has 0 radical (unpaired) electrons. The fourth-order valence-electron chi connectivity index (χ4n) is 3.04. The van der Waals surface area contributed by atoms with E-state index in [1.54, 1.807) is 18.2 Å². The first-order valence-electron chi connectivity index (χ1n) is 7.43. The third kappa shape index (κ3) is 4.61. The van der Waals surface area contributed by atoms with E-state index in [0.717, 1.165) is 49.8 Å². The zero-order valence-corrected chi connectivity index (χ0v) is 12.1. The molecule has 1 aromatic rings. The first-order valence-corrected chi connectivity index (χ1v) is 7.43. The molecule has 1 aliphatic carbocycles. The zero-order valence-electron chi connectivity index (χ0n) is 12.1. The molecule has 1 N–H and O–H groups in total. The fraction of sp³-hybridized carbons (Fsp3) is 0.471. The van der Waals surface area contributed by atoms with Crippen LogP contribution in [-0.2, 0) is 11.0 Å². The molecule has 1 saturated carbocycles. The van der Waals surface area contributed by atoms with Crippen molar-refractivity contribution in [1.82, 2.24) is 0 Å². The Balaban J connectivity index is 1.87. The summed E-state index contributed by atoms with van der Waals surface area (Å²) < 4.78 is 37.6. The Morgan fingerprint density at radius 3 is 2.23 bits per heavy atom. The monoisotopic (exact) mass is 312 g/mol. The molecule has 120 valence electrons. The zero-order chi connectivity index (χ0) is 16.2. The molecular formula is C17H19F3O2. The number of carbonyl (C=O) groups is 1. The van der Waals surface area contributed by atoms with Crippen molar-refractivity contribution in [3.05, 3.63) is 47.5 Å². The van der Waals surface area contributed by atoms with Crippen molar-refractivity contribution in [3.63, 3.8) is 0 Å². The molecule has 1 aliphatic rings. The number of alkyl halides is 3. The van der Waals surface area contributed by atoms with E-state index in [1.807, 2.05) is 0 Å². The lowest BCUT2D eigenvalue weighted by atomic mass is 9.77. The predicted octanol–water partition coefficient (Wildman–Crippen LogP) is 5.01. The van der Waals surface area contributed by atoms with Gasteiger partial charge < -0.3 is 5.11 Å². The summed E-state index contributed by atoms with van der Waals surface area (Å²) in [4.78, 5) is 10.4. The number of benzene rings is 1. The predicted molar refractivity (Wildman–Crippen MR) is 77.5 cm³/mol. The van der Waals surface area contributed by atoms with E-state index in [4.69, 9.17) is 5.11 Å². The summed E-state index contributed by atoms with van der Waals surface area (Å²) in [6, 6.07) is 5.46. The van der Waals surface area contributed by atoms with E-state index in [2.05, 4.69) is 0 Å². The molecule has 0 amide bonds. The fourth-order valence-corrected chi connectivity index (χ4v) is 3.04. The van der Waals surface area contributed by atoms with Gasteiger partial charge in [0.15, 0.2) is 0 Å². The van der Waals surface area contributed by atoms with Crippen LogP contribution in [0, 0.1) is 5.92 Å². The van der Waals surface area contributed by atoms with E-state index < -0.39 is 17.7 Å². The van der Waals surface area contributed by atoms with Gasteiger partial charge in [0.05, 0.1) is 5.56 Å². The second kappa shape index (κ2) is 6.99. The first-order chi connectivity index (χ1) is 10.4. The Morgan fingerprint density at radius 2 is 1.73 bits per heavy atom. The van der Waals surface area contributed by atoms with Crippen LogP contribution < -0.4 is 0 Å². The minimum absolute atomic E-state index is 0.307. The maximum absolute atomic E-state index is 12.5. The van der Waals surface area contributed by atoms with E-state index in [9.17, 15) is 18.0 Å². The molecule has 2 nitrogen and oxygen atoms in total. The lowest BCUT2D eigenvalue weighted by molar-refractivity contribution is -0.137. The molecule has 5 heteroatoms. The minimum Gasteiger partial charge on any atom is -0.478 e. The second-order valence-corrected chi connectivity index (χ2v) is 5.81. The number of allylic oxidation sites excluding steroid dienone is 1. The van der Waals surface area contributed by atoms with Crippen molar-refractivity contribution in [3.8, 4) is 0 Å². The lowest BCUT2D eigenvalue weighted by Gasteiger charge is -2.28. The summed E-state index contributed by atoms with van der Waals surface area (Å²) in [6.45, 7) is 0. The summed E-state index contributed by atoms with van der Waals surface area (Å²) in [5, 5.41) is 8.55. The molecule has 0 bridgehead atoms. The average Bonchev–Trinajstić information content (AvgIpc) is 2.47. The molecule has 0 spiro atoms. The molecule has 0 atom stereocenters. The van der Waals surface area contributed by atoms with Crippen molar-refractivity contribution in [2.24, 2.45) is 5.92 Å². The molecule has 0 heterocycles. The van der Waals surface area contributed by atoms with Gasteiger partial charge >= 0.3 is 12.1 Å². The SMILES string of the molecule is O=C(O)/C=C/CC1CCC(c2ccc(C(F)(F)F)cc2)CC1. The van der Waals surface area contributed by atoms with Crippen LogP contribution >= 0.6 is 0 Å². The average molecular weight is 312 g/mol. The van der Waals surface area contributed by atoms with Gasteiger partial charge in [-0.2, -0.15) is 13.2 Å². The minimum atomic E-state index is -4.29. The standard InChI is InChI=1S/C17H19F3O2/c18-17(19,20)15-10-8-14(9-11-15)13-6-4-12(5-7-13)2-1-3-16(21)22/h1,3,8-13H,2,4-7H2,(H,21,22)/b3-1+. The van der Waals surface area contributed by atoms with Gasteiger partial charge in [0, 0.05) is 6.08 Å². The highest BCUT2D eigenvalue weighted by molar-refractivity contribution is 5.79. The van der Waals surface area contributed by atoms with Crippen LogP contribution in [0.15, 0.2) is 36.4 Å². The molecule has 1 fully saturated rings. The lowest BCUT2D eigenvalue weighted by Crippen LogP contribution is -2.13. The topological polar surface area (TPSA) is 37.3 Å². The van der Waals surface area contributed by atoms with Crippen LogP contribution in [0.25, 0.3) is 0 Å². The van der Waals surface area contributed by atoms with Gasteiger partial charge in [-0.25, -0.2) is 4.79 Å². The van der Waals surface area contributed by atoms with Gasteiger partial charge in [-0.3, -0.25) is 0 Å². The van der Waals surface area contributed by atoms with Crippen LogP contribution in [0.5, 0.6) is 0 Å². The number of halogens is 3. The van der Waals surface area contributed by atoms with Crippen LogP contribution in [0.2, 0.25) is 0 Å². The maximum atomic E-state index is 12.5. The van der Waals surface area contributed by atoms with E-state index in [-0.39, 0.29) is 0 Å². The molecule has 0 aliphatic heterocycles. The third-order valence-corrected chi connectivity index (χ3v) is 4.29. The Morgan fingerprint density at radius 1 is 1.14 bits per heavy atom. The molecule has 0 saturated heterocycles. The Bertz CT molecular complexity index is 524. The smallest absolute Gasteiger partial charge is 0.416 e. The van der Waals surface area contributed by atoms with Crippen LogP contribution in [0.4, 0.5) is 13.2 Å². The normalized spacial score (nSPS) is 22.9. The summed E-state index contributed by atoms with van der Waals surface area (Å²) in [6.07, 6.45) is 3.17. The number of rotatable bonds is 4. The van der Waals surface area contributed by atoms with Gasteiger partial charge in [-0.1, -0.05) is 18.2 Å². The van der Waals surface area contributed by atoms with Gasteiger partial charge in [0.25, 0.3) is 0 Å². The van der Waals surface area contributed by atoms with Gasteiger partial charge in [0.2, 0.25) is 0 Å². The summed E-state index contributed by atoms with van der Waals surface area (Å²) in [7, 11) is 0. The first kappa shape index (κ1) is 16.6. The van der Waals surface area contributed by atoms with Crippen molar-refractivity contribution in [2.45, 2.75) is 44.2 Å². The molecular weight excluding hydrogens is 293 g/mol. The largest absolute Gasteiger partial charge is 0.478 e. The Labute approximate surface area is 127 Å². The van der Waals surface area contributed by atoms with Crippen molar-refractivity contribution >= 4 is 5.97 Å². The highest BCUT2D eigenvalue weighted by Crippen LogP contribution is 2.38. The number of carboxylic acids is 1. The summed E-state index contributed by atoms with van der Waals surface area (Å²) >= 11 is 0. The van der Waals surface area contributed by atoms with E-state index >= 15 is 0 Å². The third-order valence-electron chi connectivity index (χ3n) is 4.29.